The van der Waals surface area contributed by atoms with Crippen molar-refractivity contribution in [1.82, 2.24) is 0 Å². The molecule has 1 saturated carbocycles. The Balaban J connectivity index is 1.43. The van der Waals surface area contributed by atoms with E-state index in [0.717, 1.165) is 58.8 Å². The molecular formula is C48H50O4. The Hall–Kier alpha value is -4.70. The van der Waals surface area contributed by atoms with E-state index in [2.05, 4.69) is 127 Å². The molecule has 1 atom stereocenters. The second-order valence-corrected chi connectivity index (χ2v) is 18.1. The van der Waals surface area contributed by atoms with Gasteiger partial charge in [0, 0.05) is 44.9 Å². The SMILES string of the molecule is COc1ccc(C2(c3ccc(C)cc3)C=Cc3c4c(c5c6c(c(OC)cc5c3O2)OC(C)(C)C6)-c2ccccc2C42CC(C)(C)CC(C)(C)C2)cc1. The van der Waals surface area contributed by atoms with Crippen molar-refractivity contribution in [3.8, 4) is 34.1 Å². The predicted octanol–water partition coefficient (Wildman–Crippen LogP) is 11.7. The molecule has 0 N–H and O–H groups in total. The Kier molecular flexibility index (Phi) is 6.96. The van der Waals surface area contributed by atoms with Crippen LogP contribution in [0.2, 0.25) is 0 Å². The molecule has 4 heteroatoms. The van der Waals surface area contributed by atoms with Crippen LogP contribution in [0.5, 0.6) is 23.0 Å². The zero-order valence-electron chi connectivity index (χ0n) is 32.1. The van der Waals surface area contributed by atoms with Gasteiger partial charge in [0.1, 0.15) is 17.1 Å². The summed E-state index contributed by atoms with van der Waals surface area (Å²) in [5.74, 6) is 3.33. The number of methoxy groups -OCH3 is 2. The average Bonchev–Trinajstić information content (AvgIpc) is 3.57. The number of rotatable bonds is 4. The number of fused-ring (bicyclic) bond motifs is 12. The Morgan fingerprint density at radius 2 is 1.35 bits per heavy atom. The van der Waals surface area contributed by atoms with E-state index in [0.29, 0.717) is 0 Å². The third-order valence-electron chi connectivity index (χ3n) is 12.3. The molecule has 4 nitrogen and oxygen atoms in total. The second kappa shape index (κ2) is 10.9. The van der Waals surface area contributed by atoms with Gasteiger partial charge in [-0.25, -0.2) is 0 Å². The minimum absolute atomic E-state index is 0.138. The van der Waals surface area contributed by atoms with Crippen molar-refractivity contribution in [1.29, 1.82) is 0 Å². The number of ether oxygens (including phenoxy) is 4. The molecule has 2 aliphatic heterocycles. The zero-order chi connectivity index (χ0) is 36.4. The standard InChI is InChI=1S/C48H50O4/c1-29-14-16-30(17-15-29)48(31-18-20-32(49-8)21-19-31)23-22-34-41-40(33-12-10-11-13-37(33)47(41)27-44(2,3)26-45(4,5)28-47)39-35(42(34)52-48)24-38(50-9)43-36(39)25-46(6,7)51-43/h10-24H,25-28H2,1-9H3. The van der Waals surface area contributed by atoms with Crippen molar-refractivity contribution < 1.29 is 18.9 Å². The van der Waals surface area contributed by atoms with Gasteiger partial charge in [0.2, 0.25) is 0 Å². The smallest absolute Gasteiger partial charge is 0.178 e. The first kappa shape index (κ1) is 33.2. The van der Waals surface area contributed by atoms with Gasteiger partial charge in [-0.15, -0.1) is 0 Å². The molecule has 2 aliphatic carbocycles. The minimum atomic E-state index is -0.875. The van der Waals surface area contributed by atoms with Gasteiger partial charge in [-0.2, -0.15) is 0 Å². The lowest BCUT2D eigenvalue weighted by molar-refractivity contribution is 0.0642. The topological polar surface area (TPSA) is 36.9 Å². The molecule has 1 unspecified atom stereocenters. The van der Waals surface area contributed by atoms with Crippen molar-refractivity contribution in [3.05, 3.63) is 124 Å². The third kappa shape index (κ3) is 4.72. The molecule has 0 amide bonds. The number of hydrogen-bond acceptors (Lipinski definition) is 4. The molecule has 9 rings (SSSR count). The molecule has 0 bridgehead atoms. The minimum Gasteiger partial charge on any atom is -0.497 e. The van der Waals surface area contributed by atoms with E-state index in [1.54, 1.807) is 14.2 Å². The molecule has 1 spiro atoms. The van der Waals surface area contributed by atoms with E-state index in [4.69, 9.17) is 18.9 Å². The summed E-state index contributed by atoms with van der Waals surface area (Å²) in [6.07, 6.45) is 8.81. The molecular weight excluding hydrogens is 641 g/mol. The normalized spacial score (nSPS) is 22.2. The lowest BCUT2D eigenvalue weighted by atomic mass is 9.52. The van der Waals surface area contributed by atoms with Crippen molar-refractivity contribution in [2.75, 3.05) is 14.2 Å². The summed E-state index contributed by atoms with van der Waals surface area (Å²) in [6, 6.07) is 28.6. The number of aryl methyl sites for hydroxylation is 1. The van der Waals surface area contributed by atoms with Gasteiger partial charge in [0.25, 0.3) is 0 Å². The van der Waals surface area contributed by atoms with Crippen LogP contribution in [-0.2, 0) is 17.4 Å². The fourth-order valence-electron chi connectivity index (χ4n) is 11.1. The van der Waals surface area contributed by atoms with E-state index < -0.39 is 5.60 Å². The van der Waals surface area contributed by atoms with E-state index in [1.165, 1.54) is 50.8 Å². The van der Waals surface area contributed by atoms with Gasteiger partial charge >= 0.3 is 0 Å². The molecule has 0 aromatic heterocycles. The Labute approximate surface area is 308 Å². The largest absolute Gasteiger partial charge is 0.497 e. The second-order valence-electron chi connectivity index (χ2n) is 18.1. The van der Waals surface area contributed by atoms with Crippen LogP contribution in [0.3, 0.4) is 0 Å². The molecule has 2 heterocycles. The summed E-state index contributed by atoms with van der Waals surface area (Å²) in [5, 5.41) is 2.31. The van der Waals surface area contributed by atoms with Crippen molar-refractivity contribution in [3.63, 3.8) is 0 Å². The molecule has 0 radical (unpaired) electrons. The summed E-state index contributed by atoms with van der Waals surface area (Å²) < 4.78 is 26.3. The van der Waals surface area contributed by atoms with Gasteiger partial charge in [-0.1, -0.05) is 100.0 Å². The van der Waals surface area contributed by atoms with Crippen molar-refractivity contribution in [2.45, 2.75) is 90.8 Å². The molecule has 266 valence electrons. The first-order valence-corrected chi connectivity index (χ1v) is 18.8. The van der Waals surface area contributed by atoms with Crippen LogP contribution in [0.25, 0.3) is 28.0 Å². The Morgan fingerprint density at radius 1 is 0.692 bits per heavy atom. The van der Waals surface area contributed by atoms with E-state index >= 15 is 0 Å². The predicted molar refractivity (Wildman–Crippen MR) is 211 cm³/mol. The molecule has 52 heavy (non-hydrogen) atoms. The van der Waals surface area contributed by atoms with Crippen LogP contribution in [-0.4, -0.2) is 19.8 Å². The summed E-state index contributed by atoms with van der Waals surface area (Å²) in [6.45, 7) is 16.4. The third-order valence-corrected chi connectivity index (χ3v) is 12.3. The summed E-state index contributed by atoms with van der Waals surface area (Å²) in [4.78, 5) is 0. The van der Waals surface area contributed by atoms with Crippen molar-refractivity contribution in [2.24, 2.45) is 10.8 Å². The quantitative estimate of drug-likeness (QED) is 0.188. The first-order chi connectivity index (χ1) is 24.7. The van der Waals surface area contributed by atoms with Gasteiger partial charge < -0.3 is 18.9 Å². The van der Waals surface area contributed by atoms with Crippen LogP contribution in [0, 0.1) is 17.8 Å². The highest BCUT2D eigenvalue weighted by atomic mass is 16.5. The van der Waals surface area contributed by atoms with Crippen LogP contribution >= 0.6 is 0 Å². The summed E-state index contributed by atoms with van der Waals surface area (Å²) in [7, 11) is 3.46. The van der Waals surface area contributed by atoms with Gasteiger partial charge in [0.05, 0.1) is 14.2 Å². The highest BCUT2D eigenvalue weighted by Gasteiger charge is 2.56. The molecule has 4 aliphatic rings. The van der Waals surface area contributed by atoms with Crippen LogP contribution in [0.1, 0.15) is 99.7 Å². The number of benzene rings is 5. The summed E-state index contributed by atoms with van der Waals surface area (Å²) >= 11 is 0. The lowest BCUT2D eigenvalue weighted by Gasteiger charge is -2.52. The van der Waals surface area contributed by atoms with Gasteiger partial charge in [0.15, 0.2) is 17.1 Å². The van der Waals surface area contributed by atoms with E-state index in [-0.39, 0.29) is 21.8 Å². The van der Waals surface area contributed by atoms with Gasteiger partial charge in [-0.05, 0) is 97.4 Å². The lowest BCUT2D eigenvalue weighted by Crippen LogP contribution is -2.44. The Morgan fingerprint density at radius 3 is 2.00 bits per heavy atom. The maximum atomic E-state index is 7.77. The highest BCUT2D eigenvalue weighted by Crippen LogP contribution is 2.68. The summed E-state index contributed by atoms with van der Waals surface area (Å²) in [5.41, 5.74) is 10.1. The first-order valence-electron chi connectivity index (χ1n) is 18.8. The van der Waals surface area contributed by atoms with Crippen molar-refractivity contribution >= 4 is 16.8 Å². The number of hydrogen-bond donors (Lipinski definition) is 0. The van der Waals surface area contributed by atoms with E-state index in [9.17, 15) is 0 Å². The van der Waals surface area contributed by atoms with Crippen LogP contribution in [0.4, 0.5) is 0 Å². The highest BCUT2D eigenvalue weighted by molar-refractivity contribution is 6.11. The fraction of sp³-hybridized carbons (Fsp3) is 0.375. The molecule has 0 saturated heterocycles. The fourth-order valence-corrected chi connectivity index (χ4v) is 11.1. The molecule has 1 fully saturated rings. The van der Waals surface area contributed by atoms with E-state index in [1.807, 2.05) is 12.1 Å². The van der Waals surface area contributed by atoms with Crippen LogP contribution in [0.15, 0.2) is 84.9 Å². The van der Waals surface area contributed by atoms with Gasteiger partial charge in [-0.3, -0.25) is 0 Å². The molecule has 5 aromatic carbocycles. The zero-order valence-corrected chi connectivity index (χ0v) is 32.1. The van der Waals surface area contributed by atoms with Crippen LogP contribution < -0.4 is 18.9 Å². The molecule has 5 aromatic rings. The monoisotopic (exact) mass is 690 g/mol. The maximum Gasteiger partial charge on any atom is 0.178 e. The Bertz CT molecular complexity index is 2290. The average molecular weight is 691 g/mol. The maximum absolute atomic E-state index is 7.77.